The van der Waals surface area contributed by atoms with Gasteiger partial charge in [0, 0.05) is 50.0 Å². The number of nitrogens with one attached hydrogen (secondary N) is 1. The maximum Gasteiger partial charge on any atom is 0.416 e. The number of halogens is 3. The van der Waals surface area contributed by atoms with E-state index in [2.05, 4.69) is 29.0 Å². The first kappa shape index (κ1) is 26.9. The van der Waals surface area contributed by atoms with Crippen LogP contribution in [0.25, 0.3) is 0 Å². The number of Topliss-reactive ketones (excluding diaryl/α,β-unsaturated/α-hetero) is 1. The summed E-state index contributed by atoms with van der Waals surface area (Å²) in [5.41, 5.74) is -1.01. The van der Waals surface area contributed by atoms with Crippen molar-refractivity contribution in [1.29, 1.82) is 0 Å². The van der Waals surface area contributed by atoms with Crippen LogP contribution >= 0.6 is 0 Å². The number of carbonyl (C=O) groups is 1. The van der Waals surface area contributed by atoms with E-state index in [1.165, 1.54) is 12.3 Å². The summed E-state index contributed by atoms with van der Waals surface area (Å²) in [4.78, 5) is 19.5. The molecule has 1 aromatic rings. The van der Waals surface area contributed by atoms with Gasteiger partial charge in [-0.1, -0.05) is 13.8 Å². The molecule has 0 spiro atoms. The summed E-state index contributed by atoms with van der Waals surface area (Å²) in [6.07, 6.45) is 1.40. The Morgan fingerprint density at radius 1 is 1.38 bits per heavy atom. The highest BCUT2D eigenvalue weighted by atomic mass is 19.4. The van der Waals surface area contributed by atoms with Crippen LogP contribution in [0.5, 0.6) is 0 Å². The third-order valence-corrected chi connectivity index (χ3v) is 9.93. The molecule has 4 unspecified atom stereocenters. The molecule has 3 heterocycles. The summed E-state index contributed by atoms with van der Waals surface area (Å²) >= 11 is 0. The Hall–Kier alpha value is -1.71. The Morgan fingerprint density at radius 2 is 2.16 bits per heavy atom. The van der Waals surface area contributed by atoms with E-state index in [4.69, 9.17) is 9.47 Å². The highest BCUT2D eigenvalue weighted by Gasteiger charge is 2.62. The number of piperidine rings is 1. The van der Waals surface area contributed by atoms with Crippen LogP contribution in [0.15, 0.2) is 18.3 Å². The average molecular weight is 524 g/mol. The van der Waals surface area contributed by atoms with Gasteiger partial charge in [-0.05, 0) is 74.8 Å². The smallest absolute Gasteiger partial charge is 0.379 e. The molecule has 9 heteroatoms. The summed E-state index contributed by atoms with van der Waals surface area (Å²) in [6.45, 7) is 8.17. The molecule has 37 heavy (non-hydrogen) atoms. The second kappa shape index (κ2) is 10.1. The number of hydrogen-bond acceptors (Lipinski definition) is 6. The minimum Gasteiger partial charge on any atom is -0.379 e. The molecule has 4 aliphatic rings. The van der Waals surface area contributed by atoms with Crippen molar-refractivity contribution in [2.24, 2.45) is 29.1 Å². The molecule has 1 N–H and O–H groups in total. The van der Waals surface area contributed by atoms with Crippen LogP contribution in [0, 0.1) is 29.1 Å². The first-order valence-electron chi connectivity index (χ1n) is 13.7. The molecule has 6 nitrogen and oxygen atoms in total. The molecule has 9 atom stereocenters. The van der Waals surface area contributed by atoms with Gasteiger partial charge in [0.05, 0.1) is 18.3 Å². The second-order valence-electron chi connectivity index (χ2n) is 12.0. The summed E-state index contributed by atoms with van der Waals surface area (Å²) in [6, 6.07) is 2.93. The van der Waals surface area contributed by atoms with E-state index in [1.54, 1.807) is 14.0 Å². The molecular weight excluding hydrogens is 483 g/mol. The van der Waals surface area contributed by atoms with E-state index in [9.17, 15) is 18.0 Å². The number of carbonyl (C=O) groups excluding carboxylic acids is 1. The first-order chi connectivity index (χ1) is 17.5. The highest BCUT2D eigenvalue weighted by molar-refractivity contribution is 5.83. The Balaban J connectivity index is 1.25. The van der Waals surface area contributed by atoms with E-state index in [1.807, 2.05) is 0 Å². The Labute approximate surface area is 217 Å². The lowest BCUT2D eigenvalue weighted by molar-refractivity contribution is -0.137. The number of ether oxygens (including phenoxy) is 2. The number of aromatic nitrogens is 1. The lowest BCUT2D eigenvalue weighted by Gasteiger charge is -2.36. The summed E-state index contributed by atoms with van der Waals surface area (Å²) < 4.78 is 51.1. The molecule has 2 aliphatic heterocycles. The maximum atomic E-state index is 13.3. The molecule has 2 saturated heterocycles. The molecule has 2 aliphatic carbocycles. The lowest BCUT2D eigenvalue weighted by atomic mass is 9.69. The Bertz CT molecular complexity index is 991. The SMILES string of the molecule is CO[C@@H]1COCC[C@@H]1N[C@@H]1CC[C@@](C(C)=O)(C(C)CC2C3C2N(c2cc(C(F)(F)F)ccn2)C[C@H]3C)C1. The van der Waals surface area contributed by atoms with Crippen LogP contribution in [0.1, 0.15) is 58.4 Å². The van der Waals surface area contributed by atoms with E-state index in [0.29, 0.717) is 30.2 Å². The van der Waals surface area contributed by atoms with Gasteiger partial charge in [0.15, 0.2) is 0 Å². The minimum atomic E-state index is -4.38. The highest BCUT2D eigenvalue weighted by Crippen LogP contribution is 2.59. The van der Waals surface area contributed by atoms with Gasteiger partial charge in [-0.2, -0.15) is 13.2 Å². The molecule has 4 fully saturated rings. The second-order valence-corrected chi connectivity index (χ2v) is 12.0. The lowest BCUT2D eigenvalue weighted by Crippen LogP contribution is -2.51. The number of alkyl halides is 3. The van der Waals surface area contributed by atoms with Crippen LogP contribution in [0.2, 0.25) is 0 Å². The van der Waals surface area contributed by atoms with Gasteiger partial charge < -0.3 is 19.7 Å². The van der Waals surface area contributed by atoms with Crippen molar-refractivity contribution < 1.29 is 27.4 Å². The Morgan fingerprint density at radius 3 is 2.86 bits per heavy atom. The minimum absolute atomic E-state index is 0.0290. The fourth-order valence-corrected chi connectivity index (χ4v) is 7.83. The predicted octanol–water partition coefficient (Wildman–Crippen LogP) is 4.72. The van der Waals surface area contributed by atoms with E-state index in [0.717, 1.165) is 51.3 Å². The van der Waals surface area contributed by atoms with Crippen molar-refractivity contribution in [1.82, 2.24) is 10.3 Å². The number of nitrogens with zero attached hydrogens (tertiary/aromatic N) is 2. The number of anilines is 1. The maximum absolute atomic E-state index is 13.3. The fraction of sp³-hybridized carbons (Fsp3) is 0.786. The number of hydrogen-bond donors (Lipinski definition) is 1. The monoisotopic (exact) mass is 523 g/mol. The zero-order chi connectivity index (χ0) is 26.5. The van der Waals surface area contributed by atoms with Crippen LogP contribution in [-0.2, 0) is 20.4 Å². The largest absolute Gasteiger partial charge is 0.416 e. The molecule has 5 rings (SSSR count). The van der Waals surface area contributed by atoms with Gasteiger partial charge in [-0.3, -0.25) is 4.79 Å². The molecule has 1 aromatic heterocycles. The van der Waals surface area contributed by atoms with Crippen LogP contribution in [0.4, 0.5) is 19.0 Å². The van der Waals surface area contributed by atoms with Crippen molar-refractivity contribution in [3.05, 3.63) is 23.9 Å². The number of pyridine rings is 1. The zero-order valence-corrected chi connectivity index (χ0v) is 22.3. The van der Waals surface area contributed by atoms with Crippen LogP contribution in [0.3, 0.4) is 0 Å². The topological polar surface area (TPSA) is 63.7 Å². The Kier molecular flexibility index (Phi) is 7.35. The first-order valence-corrected chi connectivity index (χ1v) is 13.7. The van der Waals surface area contributed by atoms with E-state index in [-0.39, 0.29) is 41.3 Å². The van der Waals surface area contributed by atoms with Gasteiger partial charge in [0.1, 0.15) is 11.6 Å². The normalized spacial score (nSPS) is 38.5. The number of rotatable bonds is 8. The zero-order valence-electron chi connectivity index (χ0n) is 22.3. The van der Waals surface area contributed by atoms with Crippen LogP contribution in [-0.4, -0.2) is 61.9 Å². The van der Waals surface area contributed by atoms with Crippen molar-refractivity contribution in [3.8, 4) is 0 Å². The quantitative estimate of drug-likeness (QED) is 0.532. The molecule has 206 valence electrons. The molecule has 0 radical (unpaired) electrons. The third kappa shape index (κ3) is 5.03. The van der Waals surface area contributed by atoms with E-state index >= 15 is 0 Å². The van der Waals surface area contributed by atoms with Gasteiger partial charge in [-0.15, -0.1) is 0 Å². The van der Waals surface area contributed by atoms with Gasteiger partial charge in [0.25, 0.3) is 0 Å². The van der Waals surface area contributed by atoms with E-state index < -0.39 is 11.7 Å². The molecule has 0 aromatic carbocycles. The molecule has 0 bridgehead atoms. The predicted molar refractivity (Wildman–Crippen MR) is 134 cm³/mol. The molecule has 0 amide bonds. The standard InChI is InChI=1S/C28H40F3N3O3/c1-16-14-34(24-12-19(6-9-32-24)28(29,30)31)26-21(25(16)26)11-17(2)27(18(3)35)8-5-20(13-27)33-22-7-10-37-15-23(22)36-4/h6,9,12,16-17,20-23,25-26,33H,5,7-8,10-11,13-15H2,1-4H3/t16-,17?,20-,21?,22+,23-,25?,26?,27+/m1/s1. The van der Waals surface area contributed by atoms with Gasteiger partial charge in [-0.25, -0.2) is 4.98 Å². The van der Waals surface area contributed by atoms with Gasteiger partial charge in [0.2, 0.25) is 0 Å². The van der Waals surface area contributed by atoms with Gasteiger partial charge >= 0.3 is 6.18 Å². The number of fused-ring (bicyclic) bond motifs is 1. The fourth-order valence-electron chi connectivity index (χ4n) is 7.83. The van der Waals surface area contributed by atoms with Crippen molar-refractivity contribution in [2.75, 3.05) is 31.8 Å². The molecule has 2 saturated carbocycles. The summed E-state index contributed by atoms with van der Waals surface area (Å²) in [5, 5.41) is 3.78. The number of ketones is 1. The van der Waals surface area contributed by atoms with Crippen LogP contribution < -0.4 is 10.2 Å². The van der Waals surface area contributed by atoms with Crippen molar-refractivity contribution in [3.63, 3.8) is 0 Å². The van der Waals surface area contributed by atoms with Crippen molar-refractivity contribution in [2.45, 2.75) is 83.3 Å². The number of methoxy groups -OCH3 is 1. The molecular formula is C28H40F3N3O3. The third-order valence-electron chi connectivity index (χ3n) is 9.93. The average Bonchev–Trinajstić information content (AvgIpc) is 3.20. The summed E-state index contributed by atoms with van der Waals surface area (Å²) in [7, 11) is 1.72. The van der Waals surface area contributed by atoms with Crippen molar-refractivity contribution >= 4 is 11.6 Å². The summed E-state index contributed by atoms with van der Waals surface area (Å²) in [5.74, 6) is 2.11.